The third kappa shape index (κ3) is 7.95. The standard InChI is InChI=1S/C29H31ClF6N4O4/c1-18(14-30)37-9-7-23-26(42)38(15-19-5-3-2-4-6-19)16-24-39(10-8-25(41)40(23)24)27(43)44-17-20-11-21(28(31,32)33)13-22(12-20)29(34,35)36/h2-6,11-13,18,23-24,37H,7-10,14-17H2,1H3/t18?,23-,24+/m0/s1. The summed E-state index contributed by atoms with van der Waals surface area (Å²) in [4.78, 5) is 44.1. The lowest BCUT2D eigenvalue weighted by molar-refractivity contribution is -0.168. The van der Waals surface area contributed by atoms with E-state index >= 15 is 0 Å². The number of nitrogens with one attached hydrogen (secondary N) is 1. The van der Waals surface area contributed by atoms with Crippen LogP contribution in [0.4, 0.5) is 31.1 Å². The molecule has 1 N–H and O–H groups in total. The minimum absolute atomic E-state index is 0.0112. The van der Waals surface area contributed by atoms with Gasteiger partial charge < -0.3 is 19.9 Å². The highest BCUT2D eigenvalue weighted by atomic mass is 35.5. The number of fused-ring (bicyclic) bond motifs is 1. The van der Waals surface area contributed by atoms with Crippen molar-refractivity contribution in [2.45, 2.75) is 63.5 Å². The van der Waals surface area contributed by atoms with Crippen molar-refractivity contribution in [2.24, 2.45) is 0 Å². The highest BCUT2D eigenvalue weighted by Gasteiger charge is 2.49. The average molecular weight is 649 g/mol. The largest absolute Gasteiger partial charge is 0.444 e. The smallest absolute Gasteiger partial charge is 0.416 e. The molecule has 1 unspecified atom stereocenters. The van der Waals surface area contributed by atoms with Gasteiger partial charge in [-0.05, 0) is 49.2 Å². The molecule has 2 aromatic carbocycles. The Labute approximate surface area is 254 Å². The Morgan fingerprint density at radius 2 is 1.66 bits per heavy atom. The number of halogens is 7. The number of carbonyl (C=O) groups excluding carboxylic acids is 3. The van der Waals surface area contributed by atoms with Crippen molar-refractivity contribution in [1.29, 1.82) is 0 Å². The van der Waals surface area contributed by atoms with Crippen molar-refractivity contribution in [3.8, 4) is 0 Å². The molecule has 0 aliphatic carbocycles. The van der Waals surface area contributed by atoms with Crippen LogP contribution in [0.1, 0.15) is 42.0 Å². The van der Waals surface area contributed by atoms with Crippen LogP contribution in [0.25, 0.3) is 0 Å². The molecule has 0 spiro atoms. The first-order valence-electron chi connectivity index (χ1n) is 13.8. The van der Waals surface area contributed by atoms with Crippen molar-refractivity contribution < 1.29 is 45.5 Å². The molecule has 15 heteroatoms. The van der Waals surface area contributed by atoms with Crippen molar-refractivity contribution in [3.63, 3.8) is 0 Å². The van der Waals surface area contributed by atoms with E-state index in [0.717, 1.165) is 5.56 Å². The van der Waals surface area contributed by atoms with E-state index in [1.165, 1.54) is 14.7 Å². The Hall–Kier alpha value is -3.52. The zero-order valence-electron chi connectivity index (χ0n) is 23.6. The highest BCUT2D eigenvalue weighted by Crippen LogP contribution is 2.36. The summed E-state index contributed by atoms with van der Waals surface area (Å²) >= 11 is 5.87. The number of amides is 3. The van der Waals surface area contributed by atoms with Crippen LogP contribution in [0.5, 0.6) is 0 Å². The second-order valence-corrected chi connectivity index (χ2v) is 11.0. The first-order valence-corrected chi connectivity index (χ1v) is 14.4. The Morgan fingerprint density at radius 1 is 1.02 bits per heavy atom. The van der Waals surface area contributed by atoms with Gasteiger partial charge in [0.2, 0.25) is 11.8 Å². The van der Waals surface area contributed by atoms with Crippen molar-refractivity contribution in [1.82, 2.24) is 20.0 Å². The van der Waals surface area contributed by atoms with Crippen molar-refractivity contribution >= 4 is 29.5 Å². The van der Waals surface area contributed by atoms with Gasteiger partial charge in [0, 0.05) is 31.4 Å². The molecule has 3 atom stereocenters. The Balaban J connectivity index is 1.57. The summed E-state index contributed by atoms with van der Waals surface area (Å²) in [7, 11) is 0. The normalized spacial score (nSPS) is 20.0. The Morgan fingerprint density at radius 3 is 2.25 bits per heavy atom. The van der Waals surface area contributed by atoms with E-state index in [0.29, 0.717) is 24.6 Å². The van der Waals surface area contributed by atoms with E-state index in [1.54, 1.807) is 12.1 Å². The van der Waals surface area contributed by atoms with Gasteiger partial charge in [0.15, 0.2) is 0 Å². The maximum Gasteiger partial charge on any atom is 0.416 e. The van der Waals surface area contributed by atoms with Crippen LogP contribution in [0.15, 0.2) is 48.5 Å². The molecule has 2 aliphatic heterocycles. The Bertz CT molecular complexity index is 1310. The number of nitrogens with zero attached hydrogens (tertiary/aromatic N) is 3. The summed E-state index contributed by atoms with van der Waals surface area (Å²) in [5.74, 6) is -0.368. The molecule has 0 aromatic heterocycles. The SMILES string of the molecule is CC(CCl)NCC[C@H]1C(=O)N(Cc2ccccc2)C[C@@H]2N(C(=O)OCc3cc(C(F)(F)F)cc(C(F)(F)F)c3)CCC(=O)N21. The summed E-state index contributed by atoms with van der Waals surface area (Å²) in [5.41, 5.74) is -2.76. The zero-order chi connectivity index (χ0) is 32.2. The quantitative estimate of drug-likeness (QED) is 0.297. The molecule has 0 saturated carbocycles. The van der Waals surface area contributed by atoms with Crippen molar-refractivity contribution in [3.05, 3.63) is 70.8 Å². The summed E-state index contributed by atoms with van der Waals surface area (Å²) in [6.07, 6.45) is -12.1. The van der Waals surface area contributed by atoms with Crippen molar-refractivity contribution in [2.75, 3.05) is 25.5 Å². The molecule has 8 nitrogen and oxygen atoms in total. The number of alkyl halides is 7. The van der Waals surface area contributed by atoms with E-state index in [4.69, 9.17) is 16.3 Å². The summed E-state index contributed by atoms with van der Waals surface area (Å²) in [5, 5.41) is 3.17. The van der Waals surface area contributed by atoms with Crippen LogP contribution >= 0.6 is 11.6 Å². The zero-order valence-corrected chi connectivity index (χ0v) is 24.4. The average Bonchev–Trinajstić information content (AvgIpc) is 2.97. The van der Waals surface area contributed by atoms with Crippen LogP contribution in [0, 0.1) is 0 Å². The molecule has 2 aliphatic rings. The molecule has 0 bridgehead atoms. The van der Waals surface area contributed by atoms with Crippen LogP contribution in [-0.4, -0.2) is 76.4 Å². The molecule has 2 fully saturated rings. The molecular weight excluding hydrogens is 618 g/mol. The number of hydrogen-bond acceptors (Lipinski definition) is 5. The number of piperazine rings is 1. The fraction of sp³-hybridized carbons (Fsp3) is 0.483. The maximum absolute atomic E-state index is 13.6. The lowest BCUT2D eigenvalue weighted by Crippen LogP contribution is -2.71. The first kappa shape index (κ1) is 33.4. The fourth-order valence-electron chi connectivity index (χ4n) is 5.27. The summed E-state index contributed by atoms with van der Waals surface area (Å²) in [6.45, 7) is 1.32. The van der Waals surface area contributed by atoms with Gasteiger partial charge in [-0.3, -0.25) is 14.5 Å². The van der Waals surface area contributed by atoms with E-state index in [-0.39, 0.29) is 56.4 Å². The van der Waals surface area contributed by atoms with E-state index < -0.39 is 54.0 Å². The molecule has 2 aromatic rings. The lowest BCUT2D eigenvalue weighted by Gasteiger charge is -2.52. The van der Waals surface area contributed by atoms with Gasteiger partial charge in [0.1, 0.15) is 18.8 Å². The topological polar surface area (TPSA) is 82.2 Å². The molecule has 240 valence electrons. The summed E-state index contributed by atoms with van der Waals surface area (Å²) in [6, 6.07) is 9.02. The molecule has 2 heterocycles. The highest BCUT2D eigenvalue weighted by molar-refractivity contribution is 6.18. The number of benzene rings is 2. The fourth-order valence-corrected chi connectivity index (χ4v) is 5.38. The van der Waals surface area contributed by atoms with Gasteiger partial charge in [-0.15, -0.1) is 11.6 Å². The number of rotatable bonds is 9. The van der Waals surface area contributed by atoms with Gasteiger partial charge >= 0.3 is 18.4 Å². The van der Waals surface area contributed by atoms with Crippen LogP contribution < -0.4 is 5.32 Å². The summed E-state index contributed by atoms with van der Waals surface area (Å²) < 4.78 is 85.0. The number of carbonyl (C=O) groups is 3. The lowest BCUT2D eigenvalue weighted by atomic mass is 10.0. The predicted octanol–water partition coefficient (Wildman–Crippen LogP) is 5.24. The van der Waals surface area contributed by atoms with Crippen LogP contribution in [-0.2, 0) is 39.8 Å². The van der Waals surface area contributed by atoms with Gasteiger partial charge in [-0.2, -0.15) is 26.3 Å². The maximum atomic E-state index is 13.6. The molecule has 4 rings (SSSR count). The van der Waals surface area contributed by atoms with Gasteiger partial charge in [-0.25, -0.2) is 4.79 Å². The van der Waals surface area contributed by atoms with Crippen LogP contribution in [0.2, 0.25) is 0 Å². The first-order chi connectivity index (χ1) is 20.7. The molecule has 0 radical (unpaired) electrons. The predicted molar refractivity (Wildman–Crippen MR) is 147 cm³/mol. The second kappa shape index (κ2) is 13.6. The van der Waals surface area contributed by atoms with E-state index in [9.17, 15) is 40.7 Å². The number of ether oxygens (including phenoxy) is 1. The molecular formula is C29H31ClF6N4O4. The Kier molecular flexibility index (Phi) is 10.3. The second-order valence-electron chi connectivity index (χ2n) is 10.7. The third-order valence-electron chi connectivity index (χ3n) is 7.45. The molecule has 44 heavy (non-hydrogen) atoms. The number of hydrogen-bond donors (Lipinski definition) is 1. The minimum atomic E-state index is -5.06. The monoisotopic (exact) mass is 648 g/mol. The van der Waals surface area contributed by atoms with Gasteiger partial charge in [-0.1, -0.05) is 30.3 Å². The van der Waals surface area contributed by atoms with Crippen LogP contribution in [0.3, 0.4) is 0 Å². The minimum Gasteiger partial charge on any atom is -0.444 e. The van der Waals surface area contributed by atoms with Gasteiger partial charge in [0.05, 0.1) is 17.7 Å². The molecule has 3 amide bonds. The third-order valence-corrected chi connectivity index (χ3v) is 7.92. The molecule has 2 saturated heterocycles. The van der Waals surface area contributed by atoms with E-state index in [1.807, 2.05) is 25.1 Å². The van der Waals surface area contributed by atoms with E-state index in [2.05, 4.69) is 5.32 Å². The van der Waals surface area contributed by atoms with Gasteiger partial charge in [0.25, 0.3) is 0 Å².